The number of carbonyl (C=O) groups is 1. The quantitative estimate of drug-likeness (QED) is 0.851. The Morgan fingerprint density at radius 1 is 1.36 bits per heavy atom. The zero-order chi connectivity index (χ0) is 18.0. The third-order valence-corrected chi connectivity index (χ3v) is 6.16. The van der Waals surface area contributed by atoms with Crippen molar-refractivity contribution < 1.29 is 9.90 Å². The number of aliphatic hydroxyl groups is 1. The average molecular weight is 365 g/mol. The van der Waals surface area contributed by atoms with Crippen LogP contribution in [0.4, 0.5) is 5.69 Å². The Labute approximate surface area is 155 Å². The van der Waals surface area contributed by atoms with E-state index in [9.17, 15) is 9.90 Å². The first kappa shape index (κ1) is 18.7. The molecule has 1 aliphatic heterocycles. The van der Waals surface area contributed by atoms with Crippen molar-refractivity contribution in [3.8, 4) is 0 Å². The number of benzene rings is 1. The van der Waals surface area contributed by atoms with Gasteiger partial charge in [-0.2, -0.15) is 0 Å². The van der Waals surface area contributed by atoms with Crippen LogP contribution >= 0.6 is 11.6 Å². The molecule has 1 aromatic carbocycles. The minimum atomic E-state index is -0.455. The molecule has 0 spiro atoms. The number of rotatable bonds is 4. The normalized spacial score (nSPS) is 27.0. The number of hydrogen-bond acceptors (Lipinski definition) is 3. The van der Waals surface area contributed by atoms with Crippen molar-refractivity contribution in [2.45, 2.75) is 58.0 Å². The molecule has 2 atom stereocenters. The smallest absolute Gasteiger partial charge is 0.225 e. The molecule has 4 nitrogen and oxygen atoms in total. The molecular formula is C20H29ClN2O2. The van der Waals surface area contributed by atoms with Crippen molar-refractivity contribution in [1.29, 1.82) is 0 Å². The van der Waals surface area contributed by atoms with E-state index in [0.717, 1.165) is 62.1 Å². The Bertz CT molecular complexity index is 626. The average Bonchev–Trinajstić information content (AvgIpc) is 2.56. The highest BCUT2D eigenvalue weighted by molar-refractivity contribution is 6.34. The Morgan fingerprint density at radius 3 is 2.92 bits per heavy atom. The number of nitrogens with zero attached hydrogens (tertiary/aromatic N) is 1. The summed E-state index contributed by atoms with van der Waals surface area (Å²) < 4.78 is 0. The molecule has 5 heteroatoms. The van der Waals surface area contributed by atoms with Crippen LogP contribution in [-0.2, 0) is 4.79 Å². The Hall–Kier alpha value is -1.10. The van der Waals surface area contributed by atoms with Crippen LogP contribution in [-0.4, -0.2) is 41.1 Å². The summed E-state index contributed by atoms with van der Waals surface area (Å²) in [5.74, 6) is 0.366. The van der Waals surface area contributed by atoms with E-state index in [0.29, 0.717) is 17.4 Å². The predicted molar refractivity (Wildman–Crippen MR) is 102 cm³/mol. The van der Waals surface area contributed by atoms with Crippen LogP contribution in [0.5, 0.6) is 0 Å². The predicted octanol–water partition coefficient (Wildman–Crippen LogP) is 3.91. The van der Waals surface area contributed by atoms with Gasteiger partial charge in [-0.3, -0.25) is 4.79 Å². The lowest BCUT2D eigenvalue weighted by atomic mass is 9.71. The Balaban J connectivity index is 1.52. The lowest BCUT2D eigenvalue weighted by Crippen LogP contribution is -2.53. The van der Waals surface area contributed by atoms with Crippen LogP contribution in [0.25, 0.3) is 0 Å². The van der Waals surface area contributed by atoms with Crippen LogP contribution in [0.15, 0.2) is 12.1 Å². The van der Waals surface area contributed by atoms with Gasteiger partial charge in [-0.15, -0.1) is 0 Å². The highest BCUT2D eigenvalue weighted by Crippen LogP contribution is 2.39. The van der Waals surface area contributed by atoms with Crippen LogP contribution in [0.2, 0.25) is 5.02 Å². The summed E-state index contributed by atoms with van der Waals surface area (Å²) in [4.78, 5) is 14.7. The van der Waals surface area contributed by atoms with Crippen molar-refractivity contribution in [3.63, 3.8) is 0 Å². The van der Waals surface area contributed by atoms with E-state index in [1.807, 2.05) is 26.0 Å². The van der Waals surface area contributed by atoms with Gasteiger partial charge in [-0.25, -0.2) is 0 Å². The number of amides is 1. The van der Waals surface area contributed by atoms with Gasteiger partial charge in [0.1, 0.15) is 0 Å². The molecule has 2 fully saturated rings. The molecule has 2 N–H and O–H groups in total. The second kappa shape index (κ2) is 7.65. The largest absolute Gasteiger partial charge is 0.390 e. The van der Waals surface area contributed by atoms with Gasteiger partial charge in [0.2, 0.25) is 5.91 Å². The number of hydrogen-bond donors (Lipinski definition) is 2. The molecule has 0 unspecified atom stereocenters. The maximum Gasteiger partial charge on any atom is 0.225 e. The summed E-state index contributed by atoms with van der Waals surface area (Å²) >= 11 is 6.27. The summed E-state index contributed by atoms with van der Waals surface area (Å²) in [6, 6.07) is 3.90. The van der Waals surface area contributed by atoms with E-state index in [4.69, 9.17) is 11.6 Å². The molecule has 3 rings (SSSR count). The maximum absolute atomic E-state index is 12.3. The van der Waals surface area contributed by atoms with Crippen molar-refractivity contribution in [1.82, 2.24) is 4.90 Å². The molecule has 1 saturated heterocycles. The lowest BCUT2D eigenvalue weighted by molar-refractivity contribution is -0.117. The first-order valence-electron chi connectivity index (χ1n) is 9.39. The van der Waals surface area contributed by atoms with Crippen LogP contribution in [0, 0.1) is 19.8 Å². The Morgan fingerprint density at radius 2 is 2.16 bits per heavy atom. The summed E-state index contributed by atoms with van der Waals surface area (Å²) in [5, 5.41) is 14.3. The Kier molecular flexibility index (Phi) is 5.71. The highest BCUT2D eigenvalue weighted by Gasteiger charge is 2.42. The van der Waals surface area contributed by atoms with Crippen LogP contribution < -0.4 is 5.32 Å². The fraction of sp³-hybridized carbons (Fsp3) is 0.650. The molecule has 138 valence electrons. The molecule has 1 amide bonds. The summed E-state index contributed by atoms with van der Waals surface area (Å²) in [5.41, 5.74) is 2.35. The fourth-order valence-corrected chi connectivity index (χ4v) is 4.75. The van der Waals surface area contributed by atoms with E-state index < -0.39 is 5.60 Å². The third kappa shape index (κ3) is 4.36. The second-order valence-electron chi connectivity index (χ2n) is 7.83. The molecule has 0 bridgehead atoms. The lowest BCUT2D eigenvalue weighted by Gasteiger charge is -2.47. The summed E-state index contributed by atoms with van der Waals surface area (Å²) in [7, 11) is 0. The van der Waals surface area contributed by atoms with Crippen LogP contribution in [0.1, 0.15) is 49.7 Å². The van der Waals surface area contributed by atoms with Crippen molar-refractivity contribution >= 4 is 23.2 Å². The van der Waals surface area contributed by atoms with Gasteiger partial charge in [0.25, 0.3) is 0 Å². The SMILES string of the molecule is Cc1cc(C)c(NC(=O)CCN2CC[C@@]3(O)CCCC[C@H]3C2)c(Cl)c1. The van der Waals surface area contributed by atoms with Gasteiger partial charge in [-0.1, -0.05) is 30.5 Å². The summed E-state index contributed by atoms with van der Waals surface area (Å²) in [6.45, 7) is 6.48. The monoisotopic (exact) mass is 364 g/mol. The van der Waals surface area contributed by atoms with Crippen LogP contribution in [0.3, 0.4) is 0 Å². The number of halogens is 1. The van der Waals surface area contributed by atoms with E-state index in [1.165, 1.54) is 6.42 Å². The molecule has 1 aromatic rings. The number of fused-ring (bicyclic) bond motifs is 1. The number of nitrogens with one attached hydrogen (secondary N) is 1. The number of piperidine rings is 1. The number of carbonyl (C=O) groups excluding carboxylic acids is 1. The zero-order valence-electron chi connectivity index (χ0n) is 15.3. The first-order chi connectivity index (χ1) is 11.9. The molecule has 25 heavy (non-hydrogen) atoms. The molecule has 1 heterocycles. The minimum Gasteiger partial charge on any atom is -0.390 e. The van der Waals surface area contributed by atoms with Gasteiger partial charge in [-0.05, 0) is 50.3 Å². The van der Waals surface area contributed by atoms with E-state index in [1.54, 1.807) is 0 Å². The van der Waals surface area contributed by atoms with E-state index >= 15 is 0 Å². The van der Waals surface area contributed by atoms with Gasteiger partial charge in [0, 0.05) is 32.0 Å². The van der Waals surface area contributed by atoms with Crippen molar-refractivity contribution in [2.75, 3.05) is 25.0 Å². The highest BCUT2D eigenvalue weighted by atomic mass is 35.5. The number of likely N-dealkylation sites (tertiary alicyclic amines) is 1. The molecule has 0 radical (unpaired) electrons. The van der Waals surface area contributed by atoms with E-state index in [2.05, 4.69) is 10.2 Å². The molecule has 1 aliphatic carbocycles. The molecule has 0 aromatic heterocycles. The van der Waals surface area contributed by atoms with Gasteiger partial charge < -0.3 is 15.3 Å². The first-order valence-corrected chi connectivity index (χ1v) is 9.76. The van der Waals surface area contributed by atoms with Crippen molar-refractivity contribution in [2.24, 2.45) is 5.92 Å². The molecule has 2 aliphatic rings. The topological polar surface area (TPSA) is 52.6 Å². The third-order valence-electron chi connectivity index (χ3n) is 5.86. The van der Waals surface area contributed by atoms with E-state index in [-0.39, 0.29) is 5.91 Å². The second-order valence-corrected chi connectivity index (χ2v) is 8.24. The van der Waals surface area contributed by atoms with Gasteiger partial charge >= 0.3 is 0 Å². The number of aryl methyl sites for hydroxylation is 2. The molecular weight excluding hydrogens is 336 g/mol. The van der Waals surface area contributed by atoms with Crippen molar-refractivity contribution in [3.05, 3.63) is 28.3 Å². The van der Waals surface area contributed by atoms with Gasteiger partial charge in [0.05, 0.1) is 16.3 Å². The summed E-state index contributed by atoms with van der Waals surface area (Å²) in [6.07, 6.45) is 5.70. The minimum absolute atomic E-state index is 0.00154. The standard InChI is InChI=1S/C20H29ClN2O2/c1-14-11-15(2)19(17(21)12-14)22-18(24)6-9-23-10-8-20(25)7-4-3-5-16(20)13-23/h11-12,16,25H,3-10,13H2,1-2H3,(H,22,24)/t16-,20-/m0/s1. The van der Waals surface area contributed by atoms with Gasteiger partial charge in [0.15, 0.2) is 0 Å². The fourth-order valence-electron chi connectivity index (χ4n) is 4.38. The zero-order valence-corrected chi connectivity index (χ0v) is 16.0. The number of anilines is 1. The maximum atomic E-state index is 12.3. The molecule has 1 saturated carbocycles.